The molecular weight excluding hydrogens is 238 g/mol. The number of benzene rings is 1. The maximum atomic E-state index is 3.67. The molecule has 1 N–H and O–H groups in total. The maximum absolute atomic E-state index is 3.67. The van der Waals surface area contributed by atoms with Crippen LogP contribution in [-0.4, -0.2) is 18.3 Å². The van der Waals surface area contributed by atoms with Gasteiger partial charge in [-0.25, -0.2) is 0 Å². The topological polar surface area (TPSA) is 12.0 Å². The smallest absolute Gasteiger partial charge is 0.0161 e. The lowest BCUT2D eigenvalue weighted by Crippen LogP contribution is -2.31. The second kappa shape index (κ2) is 9.46. The van der Waals surface area contributed by atoms with Crippen molar-refractivity contribution in [2.24, 2.45) is 0 Å². The van der Waals surface area contributed by atoms with E-state index in [0.29, 0.717) is 6.04 Å². The molecule has 0 saturated heterocycles. The lowest BCUT2D eigenvalue weighted by atomic mass is 10.1. The summed E-state index contributed by atoms with van der Waals surface area (Å²) in [5.41, 5.74) is 1.35. The molecule has 1 aromatic rings. The average molecular weight is 265 g/mol. The Morgan fingerprint density at radius 3 is 2.72 bits per heavy atom. The molecule has 0 amide bonds. The van der Waals surface area contributed by atoms with Gasteiger partial charge in [0.15, 0.2) is 0 Å². The van der Waals surface area contributed by atoms with Crippen molar-refractivity contribution in [3.8, 4) is 0 Å². The number of thioether (sulfide) groups is 1. The first-order valence-electron chi connectivity index (χ1n) is 7.19. The highest BCUT2D eigenvalue weighted by Crippen LogP contribution is 2.21. The molecule has 0 aliphatic rings. The zero-order valence-electron chi connectivity index (χ0n) is 12.0. The first kappa shape index (κ1) is 15.6. The number of hydrogen-bond acceptors (Lipinski definition) is 2. The van der Waals surface area contributed by atoms with Crippen LogP contribution in [0, 0.1) is 6.92 Å². The van der Waals surface area contributed by atoms with Crippen molar-refractivity contribution in [2.45, 2.75) is 57.4 Å². The van der Waals surface area contributed by atoms with E-state index >= 15 is 0 Å². The lowest BCUT2D eigenvalue weighted by molar-refractivity contribution is 0.501. The van der Waals surface area contributed by atoms with Crippen LogP contribution in [0.4, 0.5) is 0 Å². The Hall–Kier alpha value is -0.470. The molecule has 0 heterocycles. The Bertz CT molecular complexity index is 317. The fourth-order valence-corrected chi connectivity index (χ4v) is 3.07. The molecule has 0 spiro atoms. The van der Waals surface area contributed by atoms with Gasteiger partial charge in [0.25, 0.3) is 0 Å². The minimum Gasteiger partial charge on any atom is -0.313 e. The van der Waals surface area contributed by atoms with Crippen molar-refractivity contribution in [2.75, 3.05) is 12.3 Å². The standard InChI is InChI=1S/C16H27NS/c1-4-6-9-15(17-11-5-2)13-18-16-10-7-8-14(3)12-16/h7-8,10,12,15,17H,4-6,9,11,13H2,1-3H3. The number of hydrogen-bond donors (Lipinski definition) is 1. The Morgan fingerprint density at radius 1 is 1.22 bits per heavy atom. The van der Waals surface area contributed by atoms with E-state index in [9.17, 15) is 0 Å². The third kappa shape index (κ3) is 6.46. The van der Waals surface area contributed by atoms with E-state index in [1.807, 2.05) is 11.8 Å². The number of rotatable bonds is 9. The van der Waals surface area contributed by atoms with Gasteiger partial charge in [0.2, 0.25) is 0 Å². The molecule has 0 aromatic heterocycles. The fourth-order valence-electron chi connectivity index (χ4n) is 1.95. The summed E-state index contributed by atoms with van der Waals surface area (Å²) in [7, 11) is 0. The molecule has 0 saturated carbocycles. The summed E-state index contributed by atoms with van der Waals surface area (Å²) in [5, 5.41) is 3.67. The van der Waals surface area contributed by atoms with Crippen LogP contribution >= 0.6 is 11.8 Å². The van der Waals surface area contributed by atoms with E-state index in [2.05, 4.69) is 50.4 Å². The highest BCUT2D eigenvalue weighted by molar-refractivity contribution is 7.99. The Balaban J connectivity index is 2.39. The van der Waals surface area contributed by atoms with Crippen LogP contribution in [0.15, 0.2) is 29.2 Å². The Kier molecular flexibility index (Phi) is 8.19. The van der Waals surface area contributed by atoms with Gasteiger partial charge in [0.1, 0.15) is 0 Å². The molecule has 0 fully saturated rings. The maximum Gasteiger partial charge on any atom is 0.0161 e. The van der Waals surface area contributed by atoms with Crippen LogP contribution in [0.5, 0.6) is 0 Å². The van der Waals surface area contributed by atoms with Crippen LogP contribution in [0.2, 0.25) is 0 Å². The minimum atomic E-state index is 0.662. The monoisotopic (exact) mass is 265 g/mol. The second-order valence-corrected chi connectivity index (χ2v) is 6.01. The summed E-state index contributed by atoms with van der Waals surface area (Å²) in [6.07, 6.45) is 5.14. The number of nitrogens with one attached hydrogen (secondary N) is 1. The van der Waals surface area contributed by atoms with Gasteiger partial charge in [-0.3, -0.25) is 0 Å². The third-order valence-corrected chi connectivity index (χ3v) is 4.19. The van der Waals surface area contributed by atoms with Gasteiger partial charge in [-0.2, -0.15) is 0 Å². The molecule has 2 heteroatoms. The Morgan fingerprint density at radius 2 is 2.06 bits per heavy atom. The normalized spacial score (nSPS) is 12.6. The lowest BCUT2D eigenvalue weighted by Gasteiger charge is -2.18. The quantitative estimate of drug-likeness (QED) is 0.653. The van der Waals surface area contributed by atoms with Gasteiger partial charge in [-0.1, -0.05) is 44.4 Å². The molecule has 1 atom stereocenters. The molecule has 1 aromatic carbocycles. The molecule has 0 bridgehead atoms. The summed E-state index contributed by atoms with van der Waals surface area (Å²) in [6.45, 7) is 7.80. The van der Waals surface area contributed by atoms with E-state index in [0.717, 1.165) is 6.54 Å². The summed E-state index contributed by atoms with van der Waals surface area (Å²) < 4.78 is 0. The van der Waals surface area contributed by atoms with Crippen molar-refractivity contribution in [1.29, 1.82) is 0 Å². The molecule has 102 valence electrons. The summed E-state index contributed by atoms with van der Waals surface area (Å²) in [5.74, 6) is 1.18. The van der Waals surface area contributed by atoms with Gasteiger partial charge in [0, 0.05) is 16.7 Å². The molecular formula is C16H27NS. The van der Waals surface area contributed by atoms with Gasteiger partial charge in [-0.05, 0) is 38.4 Å². The minimum absolute atomic E-state index is 0.662. The van der Waals surface area contributed by atoms with Crippen LogP contribution in [0.3, 0.4) is 0 Å². The fraction of sp³-hybridized carbons (Fsp3) is 0.625. The van der Waals surface area contributed by atoms with Crippen molar-refractivity contribution >= 4 is 11.8 Å². The SMILES string of the molecule is CCCCC(CSc1cccc(C)c1)NCCC. The van der Waals surface area contributed by atoms with Crippen LogP contribution in [0.1, 0.15) is 45.1 Å². The summed E-state index contributed by atoms with van der Waals surface area (Å²) >= 11 is 1.98. The number of unbranched alkanes of at least 4 members (excludes halogenated alkanes) is 1. The van der Waals surface area contributed by atoms with Crippen molar-refractivity contribution in [1.82, 2.24) is 5.32 Å². The van der Waals surface area contributed by atoms with Gasteiger partial charge < -0.3 is 5.32 Å². The predicted molar refractivity (Wildman–Crippen MR) is 83.5 cm³/mol. The molecule has 1 rings (SSSR count). The Labute approximate surface area is 117 Å². The van der Waals surface area contributed by atoms with Crippen molar-refractivity contribution < 1.29 is 0 Å². The van der Waals surface area contributed by atoms with E-state index < -0.39 is 0 Å². The molecule has 0 aliphatic carbocycles. The number of aryl methyl sites for hydroxylation is 1. The zero-order valence-corrected chi connectivity index (χ0v) is 12.9. The van der Waals surface area contributed by atoms with E-state index in [1.54, 1.807) is 0 Å². The van der Waals surface area contributed by atoms with E-state index in [-0.39, 0.29) is 0 Å². The predicted octanol–water partition coefficient (Wildman–Crippen LogP) is 4.65. The highest BCUT2D eigenvalue weighted by Gasteiger charge is 2.07. The third-order valence-electron chi connectivity index (χ3n) is 3.03. The van der Waals surface area contributed by atoms with Crippen LogP contribution in [0.25, 0.3) is 0 Å². The molecule has 18 heavy (non-hydrogen) atoms. The van der Waals surface area contributed by atoms with Crippen molar-refractivity contribution in [3.63, 3.8) is 0 Å². The molecule has 1 nitrogen and oxygen atoms in total. The first-order valence-corrected chi connectivity index (χ1v) is 8.17. The molecule has 0 aliphatic heterocycles. The zero-order chi connectivity index (χ0) is 13.2. The van der Waals surface area contributed by atoms with E-state index in [4.69, 9.17) is 0 Å². The second-order valence-electron chi connectivity index (χ2n) is 4.92. The average Bonchev–Trinajstić information content (AvgIpc) is 2.38. The summed E-state index contributed by atoms with van der Waals surface area (Å²) in [4.78, 5) is 1.40. The van der Waals surface area contributed by atoms with Gasteiger partial charge in [-0.15, -0.1) is 11.8 Å². The molecule has 0 radical (unpaired) electrons. The van der Waals surface area contributed by atoms with Gasteiger partial charge in [0.05, 0.1) is 0 Å². The highest BCUT2D eigenvalue weighted by atomic mass is 32.2. The van der Waals surface area contributed by atoms with Crippen molar-refractivity contribution in [3.05, 3.63) is 29.8 Å². The van der Waals surface area contributed by atoms with Gasteiger partial charge >= 0.3 is 0 Å². The largest absolute Gasteiger partial charge is 0.313 e. The first-order chi connectivity index (χ1) is 8.76. The van der Waals surface area contributed by atoms with E-state index in [1.165, 1.54) is 41.9 Å². The van der Waals surface area contributed by atoms with Crippen LogP contribution in [-0.2, 0) is 0 Å². The van der Waals surface area contributed by atoms with Crippen LogP contribution < -0.4 is 5.32 Å². The molecule has 1 unspecified atom stereocenters. The summed E-state index contributed by atoms with van der Waals surface area (Å²) in [6, 6.07) is 9.47.